The number of para-hydroxylation sites is 2. The maximum Gasteiger partial charge on any atom is 0.319 e. The molecule has 1 aromatic heterocycles. The molecule has 0 fully saturated rings. The lowest BCUT2D eigenvalue weighted by atomic mass is 10.2. The molecule has 0 unspecified atom stereocenters. The molecular formula is C13H14N4O. The van der Waals surface area contributed by atoms with E-state index in [1.54, 1.807) is 18.6 Å². The molecule has 0 atom stereocenters. The fourth-order valence-electron chi connectivity index (χ4n) is 1.54. The zero-order valence-corrected chi connectivity index (χ0v) is 9.84. The third-order valence-corrected chi connectivity index (χ3v) is 2.34. The van der Waals surface area contributed by atoms with E-state index in [0.717, 1.165) is 11.4 Å². The highest BCUT2D eigenvalue weighted by atomic mass is 16.2. The van der Waals surface area contributed by atoms with Gasteiger partial charge < -0.3 is 15.2 Å². The first-order valence-electron chi connectivity index (χ1n) is 5.54. The minimum atomic E-state index is -0.262. The lowest BCUT2D eigenvalue weighted by Crippen LogP contribution is -2.29. The Bertz CT molecular complexity index is 534. The number of carbonyl (C=O) groups excluding carboxylic acids is 1. The van der Waals surface area contributed by atoms with E-state index in [4.69, 9.17) is 0 Å². The van der Waals surface area contributed by atoms with Gasteiger partial charge in [0.1, 0.15) is 0 Å². The summed E-state index contributed by atoms with van der Waals surface area (Å²) >= 11 is 0. The number of carbonyl (C=O) groups is 1. The lowest BCUT2D eigenvalue weighted by molar-refractivity contribution is 0.253. The van der Waals surface area contributed by atoms with Gasteiger partial charge in [0.15, 0.2) is 0 Å². The zero-order chi connectivity index (χ0) is 12.8. The fraction of sp³-hybridized carbons (Fsp3) is 0.0769. The molecule has 92 valence electrons. The molecule has 0 radical (unpaired) electrons. The minimum Gasteiger partial charge on any atom is -0.334 e. The maximum absolute atomic E-state index is 11.6. The van der Waals surface area contributed by atoms with Crippen LogP contribution in [0.3, 0.4) is 0 Å². The second-order valence-electron chi connectivity index (χ2n) is 3.61. The Hall–Kier alpha value is -2.56. The van der Waals surface area contributed by atoms with E-state index in [1.165, 1.54) is 0 Å². The first-order valence-corrected chi connectivity index (χ1v) is 5.54. The molecular weight excluding hydrogens is 228 g/mol. The van der Waals surface area contributed by atoms with Gasteiger partial charge in [-0.25, -0.2) is 9.78 Å². The molecule has 5 nitrogen and oxygen atoms in total. The Labute approximate surface area is 105 Å². The number of hydrogen-bond acceptors (Lipinski definition) is 2. The van der Waals surface area contributed by atoms with Crippen LogP contribution < -0.4 is 10.6 Å². The molecule has 18 heavy (non-hydrogen) atoms. The highest BCUT2D eigenvalue weighted by Crippen LogP contribution is 2.19. The summed E-state index contributed by atoms with van der Waals surface area (Å²) in [5.41, 5.74) is 1.58. The van der Waals surface area contributed by atoms with Gasteiger partial charge in [-0.1, -0.05) is 18.2 Å². The molecule has 2 N–H and O–H groups in total. The zero-order valence-electron chi connectivity index (χ0n) is 9.84. The Kier molecular flexibility index (Phi) is 3.76. The van der Waals surface area contributed by atoms with Crippen molar-refractivity contribution in [3.8, 4) is 5.69 Å². The average molecular weight is 242 g/mol. The van der Waals surface area contributed by atoms with Crippen molar-refractivity contribution >= 4 is 11.7 Å². The van der Waals surface area contributed by atoms with E-state index in [9.17, 15) is 4.79 Å². The van der Waals surface area contributed by atoms with Gasteiger partial charge >= 0.3 is 6.03 Å². The van der Waals surface area contributed by atoms with Gasteiger partial charge in [-0.3, -0.25) is 0 Å². The van der Waals surface area contributed by atoms with E-state index in [1.807, 2.05) is 35.0 Å². The summed E-state index contributed by atoms with van der Waals surface area (Å²) in [6, 6.07) is 7.25. The van der Waals surface area contributed by atoms with Gasteiger partial charge in [0.25, 0.3) is 0 Å². The third kappa shape index (κ3) is 2.76. The SMILES string of the molecule is C=CCNC(=O)Nc1ccccc1-n1ccnc1. The first-order chi connectivity index (χ1) is 8.81. The second-order valence-corrected chi connectivity index (χ2v) is 3.61. The van der Waals surface area contributed by atoms with Gasteiger partial charge in [0.2, 0.25) is 0 Å². The average Bonchev–Trinajstić information content (AvgIpc) is 2.91. The molecule has 2 rings (SSSR count). The van der Waals surface area contributed by atoms with Gasteiger partial charge in [0, 0.05) is 18.9 Å². The van der Waals surface area contributed by atoms with Crippen LogP contribution in [0.5, 0.6) is 0 Å². The number of aromatic nitrogens is 2. The van der Waals surface area contributed by atoms with E-state index >= 15 is 0 Å². The van der Waals surface area contributed by atoms with Gasteiger partial charge in [-0.15, -0.1) is 6.58 Å². The number of benzene rings is 1. The van der Waals surface area contributed by atoms with E-state index in [0.29, 0.717) is 6.54 Å². The van der Waals surface area contributed by atoms with Gasteiger partial charge in [-0.05, 0) is 12.1 Å². The van der Waals surface area contributed by atoms with Crippen LogP contribution in [0.4, 0.5) is 10.5 Å². The fourth-order valence-corrected chi connectivity index (χ4v) is 1.54. The second kappa shape index (κ2) is 5.67. The van der Waals surface area contributed by atoms with E-state index in [-0.39, 0.29) is 6.03 Å². The van der Waals surface area contributed by atoms with Crippen molar-refractivity contribution in [2.75, 3.05) is 11.9 Å². The standard InChI is InChI=1S/C13H14N4O/c1-2-7-15-13(18)16-11-5-3-4-6-12(11)17-9-8-14-10-17/h2-6,8-10H,1,7H2,(H2,15,16,18). The van der Waals surface area contributed by atoms with E-state index < -0.39 is 0 Å². The summed E-state index contributed by atoms with van der Waals surface area (Å²) in [5.74, 6) is 0. The van der Waals surface area contributed by atoms with Crippen molar-refractivity contribution in [2.24, 2.45) is 0 Å². The quantitative estimate of drug-likeness (QED) is 0.807. The number of amides is 2. The Morgan fingerprint density at radius 3 is 3.00 bits per heavy atom. The van der Waals surface area contributed by atoms with Crippen LogP contribution in [0, 0.1) is 0 Å². The Balaban J connectivity index is 2.18. The van der Waals surface area contributed by atoms with Crippen LogP contribution in [-0.2, 0) is 0 Å². The molecule has 2 aromatic rings. The summed E-state index contributed by atoms with van der Waals surface area (Å²) in [7, 11) is 0. The third-order valence-electron chi connectivity index (χ3n) is 2.34. The molecule has 2 amide bonds. The summed E-state index contributed by atoms with van der Waals surface area (Å²) in [6.45, 7) is 3.97. The molecule has 0 saturated carbocycles. The Morgan fingerprint density at radius 1 is 1.44 bits per heavy atom. The Morgan fingerprint density at radius 2 is 2.28 bits per heavy atom. The number of nitrogens with zero attached hydrogens (tertiary/aromatic N) is 2. The van der Waals surface area contributed by atoms with Crippen molar-refractivity contribution < 1.29 is 4.79 Å². The smallest absolute Gasteiger partial charge is 0.319 e. The highest BCUT2D eigenvalue weighted by molar-refractivity contribution is 5.91. The molecule has 1 heterocycles. The lowest BCUT2D eigenvalue weighted by Gasteiger charge is -2.11. The van der Waals surface area contributed by atoms with Crippen LogP contribution in [-0.4, -0.2) is 22.1 Å². The molecule has 5 heteroatoms. The summed E-state index contributed by atoms with van der Waals surface area (Å²) in [5, 5.41) is 5.45. The van der Waals surface area contributed by atoms with Crippen molar-refractivity contribution in [3.05, 3.63) is 55.6 Å². The summed E-state index contributed by atoms with van der Waals surface area (Å²) in [6.07, 6.45) is 6.82. The van der Waals surface area contributed by atoms with Gasteiger partial charge in [0.05, 0.1) is 17.7 Å². The van der Waals surface area contributed by atoms with Crippen LogP contribution in [0.2, 0.25) is 0 Å². The molecule has 0 spiro atoms. The van der Waals surface area contributed by atoms with Crippen molar-refractivity contribution in [1.29, 1.82) is 0 Å². The number of imidazole rings is 1. The predicted octanol–water partition coefficient (Wildman–Crippen LogP) is 2.18. The topological polar surface area (TPSA) is 59.0 Å². The number of rotatable bonds is 4. The number of urea groups is 1. The van der Waals surface area contributed by atoms with E-state index in [2.05, 4.69) is 22.2 Å². The maximum atomic E-state index is 11.6. The predicted molar refractivity (Wildman–Crippen MR) is 70.8 cm³/mol. The largest absolute Gasteiger partial charge is 0.334 e. The summed E-state index contributed by atoms with van der Waals surface area (Å²) < 4.78 is 1.84. The van der Waals surface area contributed by atoms with Crippen LogP contribution in [0.25, 0.3) is 5.69 Å². The van der Waals surface area contributed by atoms with Crippen molar-refractivity contribution in [2.45, 2.75) is 0 Å². The minimum absolute atomic E-state index is 0.262. The summed E-state index contributed by atoms with van der Waals surface area (Å²) in [4.78, 5) is 15.6. The number of nitrogens with one attached hydrogen (secondary N) is 2. The van der Waals surface area contributed by atoms with Crippen molar-refractivity contribution in [1.82, 2.24) is 14.9 Å². The van der Waals surface area contributed by atoms with Crippen LogP contribution >= 0.6 is 0 Å². The molecule has 0 aliphatic carbocycles. The first kappa shape index (κ1) is 11.9. The van der Waals surface area contributed by atoms with Crippen LogP contribution in [0.15, 0.2) is 55.6 Å². The normalized spacial score (nSPS) is 9.78. The van der Waals surface area contributed by atoms with Crippen LogP contribution in [0.1, 0.15) is 0 Å². The number of anilines is 1. The molecule has 0 saturated heterocycles. The monoisotopic (exact) mass is 242 g/mol. The molecule has 0 bridgehead atoms. The molecule has 1 aromatic carbocycles. The molecule has 0 aliphatic heterocycles. The highest BCUT2D eigenvalue weighted by Gasteiger charge is 2.06. The molecule has 0 aliphatic rings. The van der Waals surface area contributed by atoms with Gasteiger partial charge in [-0.2, -0.15) is 0 Å². The van der Waals surface area contributed by atoms with Crippen molar-refractivity contribution in [3.63, 3.8) is 0 Å². The number of hydrogen-bond donors (Lipinski definition) is 2.